The maximum Gasteiger partial charge on any atom is 0.261 e. The number of rotatable bonds is 4. The largest absolute Gasteiger partial charge is 0.481 e. The number of carbonyl (C=O) groups is 1. The van der Waals surface area contributed by atoms with Gasteiger partial charge in [0, 0.05) is 12.5 Å². The maximum absolute atomic E-state index is 13.1. The average Bonchev–Trinajstić information content (AvgIpc) is 2.83. The van der Waals surface area contributed by atoms with E-state index in [1.165, 1.54) is 18.2 Å². The molecule has 5 heteroatoms. The van der Waals surface area contributed by atoms with Gasteiger partial charge in [-0.25, -0.2) is 4.39 Å². The summed E-state index contributed by atoms with van der Waals surface area (Å²) in [5.74, 6) is -0.481. The van der Waals surface area contributed by atoms with Crippen LogP contribution >= 0.6 is 0 Å². The molecule has 0 saturated carbocycles. The molecule has 1 unspecified atom stereocenters. The van der Waals surface area contributed by atoms with E-state index in [0.29, 0.717) is 12.2 Å². The summed E-state index contributed by atoms with van der Waals surface area (Å²) in [6, 6.07) is 12.8. The lowest BCUT2D eigenvalue weighted by molar-refractivity contribution is -0.128. The fraction of sp³-hybridized carbons (Fsp3) is 0.278. The van der Waals surface area contributed by atoms with Gasteiger partial charge < -0.3 is 15.2 Å². The van der Waals surface area contributed by atoms with Crippen LogP contribution in [0, 0.1) is 5.82 Å². The lowest BCUT2D eigenvalue weighted by atomic mass is 10.1. The molecule has 1 amide bonds. The van der Waals surface area contributed by atoms with Crippen molar-refractivity contribution in [2.24, 2.45) is 0 Å². The Morgan fingerprint density at radius 1 is 1.30 bits per heavy atom. The van der Waals surface area contributed by atoms with Crippen LogP contribution in [0.5, 0.6) is 5.75 Å². The van der Waals surface area contributed by atoms with Crippen molar-refractivity contribution in [1.29, 1.82) is 0 Å². The van der Waals surface area contributed by atoms with Crippen LogP contribution in [-0.2, 0) is 11.2 Å². The molecule has 1 aliphatic carbocycles. The quantitative estimate of drug-likeness (QED) is 0.911. The number of hydrogen-bond acceptors (Lipinski definition) is 3. The number of aliphatic hydroxyl groups excluding tert-OH is 1. The van der Waals surface area contributed by atoms with Crippen molar-refractivity contribution in [3.63, 3.8) is 0 Å². The highest BCUT2D eigenvalue weighted by Gasteiger charge is 2.33. The van der Waals surface area contributed by atoms with E-state index in [1.54, 1.807) is 13.0 Å². The van der Waals surface area contributed by atoms with Gasteiger partial charge in [-0.3, -0.25) is 4.79 Å². The van der Waals surface area contributed by atoms with Gasteiger partial charge in [0.1, 0.15) is 11.6 Å². The highest BCUT2D eigenvalue weighted by atomic mass is 19.1. The number of aliphatic hydroxyl groups is 1. The number of fused-ring (bicyclic) bond motifs is 1. The van der Waals surface area contributed by atoms with Crippen LogP contribution in [0.3, 0.4) is 0 Å². The Morgan fingerprint density at radius 3 is 2.87 bits per heavy atom. The second-order valence-electron chi connectivity index (χ2n) is 5.67. The summed E-state index contributed by atoms with van der Waals surface area (Å²) in [5, 5.41) is 13.0. The lowest BCUT2D eigenvalue weighted by Crippen LogP contribution is -2.41. The minimum Gasteiger partial charge on any atom is -0.481 e. The number of carbonyl (C=O) groups excluding carboxylic acids is 1. The highest BCUT2D eigenvalue weighted by Crippen LogP contribution is 2.31. The van der Waals surface area contributed by atoms with Crippen molar-refractivity contribution in [2.45, 2.75) is 31.6 Å². The van der Waals surface area contributed by atoms with Crippen LogP contribution in [0.25, 0.3) is 0 Å². The average molecular weight is 315 g/mol. The summed E-state index contributed by atoms with van der Waals surface area (Å²) >= 11 is 0. The van der Waals surface area contributed by atoms with Crippen molar-refractivity contribution < 1.29 is 19.0 Å². The molecule has 23 heavy (non-hydrogen) atoms. The number of halogens is 1. The Labute approximate surface area is 133 Å². The molecular formula is C18H18FNO3. The van der Waals surface area contributed by atoms with Gasteiger partial charge in [-0.15, -0.1) is 0 Å². The van der Waals surface area contributed by atoms with Gasteiger partial charge in [-0.05, 0) is 30.2 Å². The van der Waals surface area contributed by atoms with E-state index in [-0.39, 0.29) is 5.91 Å². The van der Waals surface area contributed by atoms with Crippen molar-refractivity contribution in [1.82, 2.24) is 5.32 Å². The zero-order chi connectivity index (χ0) is 16.4. The molecule has 4 nitrogen and oxygen atoms in total. The first kappa shape index (κ1) is 15.5. The molecule has 0 spiro atoms. The Hall–Kier alpha value is -2.40. The van der Waals surface area contributed by atoms with E-state index in [1.807, 2.05) is 24.3 Å². The zero-order valence-corrected chi connectivity index (χ0v) is 12.7. The smallest absolute Gasteiger partial charge is 0.261 e. The molecule has 120 valence electrons. The molecule has 0 fully saturated rings. The summed E-state index contributed by atoms with van der Waals surface area (Å²) in [4.78, 5) is 12.3. The Balaban J connectivity index is 1.67. The molecule has 2 aromatic carbocycles. The summed E-state index contributed by atoms with van der Waals surface area (Å²) in [6.07, 6.45) is -0.935. The van der Waals surface area contributed by atoms with Crippen LogP contribution in [0.4, 0.5) is 4.39 Å². The van der Waals surface area contributed by atoms with E-state index in [4.69, 9.17) is 4.74 Å². The topological polar surface area (TPSA) is 58.6 Å². The van der Waals surface area contributed by atoms with Crippen LogP contribution < -0.4 is 10.1 Å². The Morgan fingerprint density at radius 2 is 2.09 bits per heavy atom. The van der Waals surface area contributed by atoms with Crippen molar-refractivity contribution in [3.05, 3.63) is 65.5 Å². The van der Waals surface area contributed by atoms with Gasteiger partial charge in [-0.1, -0.05) is 30.3 Å². The summed E-state index contributed by atoms with van der Waals surface area (Å²) in [7, 11) is 0. The van der Waals surface area contributed by atoms with Gasteiger partial charge in [0.15, 0.2) is 6.10 Å². The van der Waals surface area contributed by atoms with Gasteiger partial charge in [0.25, 0.3) is 5.91 Å². The summed E-state index contributed by atoms with van der Waals surface area (Å²) in [6.45, 7) is 1.59. The highest BCUT2D eigenvalue weighted by molar-refractivity contribution is 5.81. The first-order valence-corrected chi connectivity index (χ1v) is 7.53. The third kappa shape index (κ3) is 3.35. The molecule has 0 saturated heterocycles. The Kier molecular flexibility index (Phi) is 4.30. The SMILES string of the molecule is CC(Oc1cccc(F)c1)C(=O)N[C@H]1c2ccccc2C[C@H]1O. The van der Waals surface area contributed by atoms with Crippen LogP contribution in [0.2, 0.25) is 0 Å². The third-order valence-electron chi connectivity index (χ3n) is 3.98. The number of hydrogen-bond donors (Lipinski definition) is 2. The van der Waals surface area contributed by atoms with E-state index in [0.717, 1.165) is 11.1 Å². The van der Waals surface area contributed by atoms with Crippen molar-refractivity contribution in [2.75, 3.05) is 0 Å². The first-order valence-electron chi connectivity index (χ1n) is 7.53. The first-order chi connectivity index (χ1) is 11.0. The molecule has 2 aromatic rings. The fourth-order valence-corrected chi connectivity index (χ4v) is 2.82. The molecule has 3 rings (SSSR count). The van der Waals surface area contributed by atoms with Crippen LogP contribution in [-0.4, -0.2) is 23.2 Å². The Bertz CT molecular complexity index is 719. The van der Waals surface area contributed by atoms with E-state index < -0.39 is 24.1 Å². The van der Waals surface area contributed by atoms with Gasteiger partial charge >= 0.3 is 0 Å². The number of amides is 1. The summed E-state index contributed by atoms with van der Waals surface area (Å²) in [5.41, 5.74) is 1.95. The maximum atomic E-state index is 13.1. The van der Waals surface area contributed by atoms with Gasteiger partial charge in [0.05, 0.1) is 12.1 Å². The monoisotopic (exact) mass is 315 g/mol. The molecule has 3 atom stereocenters. The van der Waals surface area contributed by atoms with E-state index in [9.17, 15) is 14.3 Å². The predicted octanol–water partition coefficient (Wildman–Crippen LogP) is 2.37. The minimum atomic E-state index is -0.795. The van der Waals surface area contributed by atoms with Crippen LogP contribution in [0.1, 0.15) is 24.1 Å². The molecule has 0 aromatic heterocycles. The number of nitrogens with one attached hydrogen (secondary N) is 1. The van der Waals surface area contributed by atoms with Crippen LogP contribution in [0.15, 0.2) is 48.5 Å². The molecule has 1 aliphatic rings. The minimum absolute atomic E-state index is 0.292. The van der Waals surface area contributed by atoms with E-state index >= 15 is 0 Å². The molecular weight excluding hydrogens is 297 g/mol. The molecule has 0 aliphatic heterocycles. The number of ether oxygens (including phenoxy) is 1. The van der Waals surface area contributed by atoms with Crippen molar-refractivity contribution >= 4 is 5.91 Å². The normalized spacial score (nSPS) is 20.7. The lowest BCUT2D eigenvalue weighted by Gasteiger charge is -2.21. The third-order valence-corrected chi connectivity index (χ3v) is 3.98. The second-order valence-corrected chi connectivity index (χ2v) is 5.67. The zero-order valence-electron chi connectivity index (χ0n) is 12.7. The summed E-state index contributed by atoms with van der Waals surface area (Å²) < 4.78 is 18.6. The fourth-order valence-electron chi connectivity index (χ4n) is 2.82. The van der Waals surface area contributed by atoms with E-state index in [2.05, 4.69) is 5.32 Å². The predicted molar refractivity (Wildman–Crippen MR) is 83.5 cm³/mol. The number of benzene rings is 2. The van der Waals surface area contributed by atoms with Gasteiger partial charge in [0.2, 0.25) is 0 Å². The second kappa shape index (κ2) is 6.38. The molecule has 0 heterocycles. The standard InChI is InChI=1S/C18H18FNO3/c1-11(23-14-7-4-6-13(19)10-14)18(22)20-17-15-8-3-2-5-12(15)9-16(17)21/h2-8,10-11,16-17,21H,9H2,1H3,(H,20,22)/t11?,16-,17+/m1/s1. The van der Waals surface area contributed by atoms with Gasteiger partial charge in [-0.2, -0.15) is 0 Å². The molecule has 0 bridgehead atoms. The van der Waals surface area contributed by atoms with Crippen molar-refractivity contribution in [3.8, 4) is 5.75 Å². The molecule has 0 radical (unpaired) electrons. The molecule has 2 N–H and O–H groups in total.